The van der Waals surface area contributed by atoms with Gasteiger partial charge in [-0.25, -0.2) is 0 Å². The maximum atomic E-state index is 12.8. The molecule has 0 aromatic heterocycles. The molecule has 1 saturated heterocycles. The van der Waals surface area contributed by atoms with Gasteiger partial charge < -0.3 is 39.4 Å². The molecule has 6 atom stereocenters. The number of unbranched alkanes of at least 4 members (excludes halogenated alkanes) is 28. The molecule has 9 heteroatoms. The predicted octanol–water partition coefficient (Wildman–Crippen LogP) is 10.8. The second kappa shape index (κ2) is 39.4. The van der Waals surface area contributed by atoms with Crippen LogP contribution in [0, 0.1) is 0 Å². The Kier molecular flexibility index (Phi) is 37.2. The Balaban J connectivity index is 2.11. The number of aliphatic hydroxyl groups is 4. The second-order valence-electron chi connectivity index (χ2n) is 16.6. The van der Waals surface area contributed by atoms with E-state index in [1.807, 2.05) is 0 Å². The van der Waals surface area contributed by atoms with Crippen molar-refractivity contribution in [3.63, 3.8) is 0 Å². The number of carbonyl (C=O) groups is 1. The number of hydrogen-bond donors (Lipinski definition) is 4. The number of aliphatic hydroxyl groups excluding tert-OH is 4. The van der Waals surface area contributed by atoms with E-state index in [-0.39, 0.29) is 19.2 Å². The van der Waals surface area contributed by atoms with Crippen molar-refractivity contribution in [2.24, 2.45) is 0 Å². The Hall–Kier alpha value is -1.07. The first-order valence-electron chi connectivity index (χ1n) is 23.8. The van der Waals surface area contributed by atoms with Crippen LogP contribution in [0.25, 0.3) is 0 Å². The number of carbonyl (C=O) groups excluding carboxylic acids is 1. The lowest BCUT2D eigenvalue weighted by molar-refractivity contribution is -0.305. The molecule has 0 aromatic rings. The second-order valence-corrected chi connectivity index (χ2v) is 16.6. The lowest BCUT2D eigenvalue weighted by atomic mass is 9.99. The molecule has 0 bridgehead atoms. The molecule has 1 rings (SSSR count). The minimum absolute atomic E-state index is 0.108. The van der Waals surface area contributed by atoms with Gasteiger partial charge in [-0.2, -0.15) is 0 Å². The zero-order chi connectivity index (χ0) is 40.7. The standard InChI is InChI=1S/C47H90O9/c1-3-5-7-9-11-13-14-15-16-17-18-19-20-21-22-23-24-25-26-27-28-29-30-32-34-36-43(49)55-41(39-53-37-35-33-31-12-10-8-6-4-2)40-54-47-46(52)45(51)44(50)42(38-48)56-47/h17-18,41-42,44-48,50-52H,3-16,19-40H2,1-2H3/b18-17-. The zero-order valence-electron chi connectivity index (χ0n) is 36.4. The van der Waals surface area contributed by atoms with Crippen molar-refractivity contribution in [1.82, 2.24) is 0 Å². The van der Waals surface area contributed by atoms with Crippen LogP contribution < -0.4 is 0 Å². The summed E-state index contributed by atoms with van der Waals surface area (Å²) in [7, 11) is 0. The molecule has 56 heavy (non-hydrogen) atoms. The molecule has 0 amide bonds. The van der Waals surface area contributed by atoms with Gasteiger partial charge in [-0.15, -0.1) is 0 Å². The largest absolute Gasteiger partial charge is 0.457 e. The number of esters is 1. The first-order valence-corrected chi connectivity index (χ1v) is 23.8. The predicted molar refractivity (Wildman–Crippen MR) is 229 cm³/mol. The van der Waals surface area contributed by atoms with Gasteiger partial charge in [0.05, 0.1) is 19.8 Å². The Morgan fingerprint density at radius 3 is 1.45 bits per heavy atom. The van der Waals surface area contributed by atoms with E-state index >= 15 is 0 Å². The van der Waals surface area contributed by atoms with Crippen LogP contribution in [-0.4, -0.2) is 89.6 Å². The number of rotatable bonds is 41. The van der Waals surface area contributed by atoms with E-state index in [1.54, 1.807) is 0 Å². The van der Waals surface area contributed by atoms with Gasteiger partial charge in [0.25, 0.3) is 0 Å². The summed E-state index contributed by atoms with van der Waals surface area (Å²) in [6.45, 7) is 4.56. The molecule has 1 aliphatic heterocycles. The van der Waals surface area contributed by atoms with E-state index < -0.39 is 43.4 Å². The monoisotopic (exact) mass is 799 g/mol. The summed E-state index contributed by atoms with van der Waals surface area (Å²) in [5.74, 6) is -0.311. The van der Waals surface area contributed by atoms with Crippen molar-refractivity contribution >= 4 is 5.97 Å². The molecular formula is C47H90O9. The van der Waals surface area contributed by atoms with Crippen LogP contribution in [0.3, 0.4) is 0 Å². The summed E-state index contributed by atoms with van der Waals surface area (Å²) < 4.78 is 22.7. The molecule has 1 aliphatic rings. The summed E-state index contributed by atoms with van der Waals surface area (Å²) in [4.78, 5) is 12.8. The molecule has 0 radical (unpaired) electrons. The van der Waals surface area contributed by atoms with Crippen molar-refractivity contribution in [2.75, 3.05) is 26.4 Å². The first-order chi connectivity index (χ1) is 27.4. The van der Waals surface area contributed by atoms with Crippen LogP contribution in [0.1, 0.15) is 219 Å². The zero-order valence-corrected chi connectivity index (χ0v) is 36.4. The molecular weight excluding hydrogens is 709 g/mol. The molecule has 332 valence electrons. The Morgan fingerprint density at radius 2 is 0.982 bits per heavy atom. The van der Waals surface area contributed by atoms with Crippen LogP contribution in [-0.2, 0) is 23.7 Å². The number of ether oxygens (including phenoxy) is 4. The summed E-state index contributed by atoms with van der Waals surface area (Å²) in [6, 6.07) is 0. The van der Waals surface area contributed by atoms with E-state index in [1.165, 1.54) is 167 Å². The lowest BCUT2D eigenvalue weighted by Crippen LogP contribution is -2.59. The third-order valence-corrected chi connectivity index (χ3v) is 11.2. The third kappa shape index (κ3) is 30.0. The lowest BCUT2D eigenvalue weighted by Gasteiger charge is -2.39. The molecule has 9 nitrogen and oxygen atoms in total. The molecule has 0 saturated carbocycles. The summed E-state index contributed by atoms with van der Waals surface area (Å²) in [5.41, 5.74) is 0. The number of hydrogen-bond acceptors (Lipinski definition) is 9. The van der Waals surface area contributed by atoms with Crippen molar-refractivity contribution in [1.29, 1.82) is 0 Å². The summed E-state index contributed by atoms with van der Waals surface area (Å²) in [5, 5.41) is 40.0. The van der Waals surface area contributed by atoms with Gasteiger partial charge in [-0.05, 0) is 38.5 Å². The van der Waals surface area contributed by atoms with Crippen LogP contribution in [0.4, 0.5) is 0 Å². The van der Waals surface area contributed by atoms with Gasteiger partial charge in [0, 0.05) is 13.0 Å². The van der Waals surface area contributed by atoms with Gasteiger partial charge >= 0.3 is 5.97 Å². The Morgan fingerprint density at radius 1 is 0.554 bits per heavy atom. The van der Waals surface area contributed by atoms with Gasteiger partial charge in [-0.3, -0.25) is 4.79 Å². The fraction of sp³-hybridized carbons (Fsp3) is 0.936. The molecule has 1 fully saturated rings. The molecule has 0 aromatic carbocycles. The van der Waals surface area contributed by atoms with Crippen LogP contribution in [0.5, 0.6) is 0 Å². The first kappa shape index (κ1) is 52.9. The molecule has 0 spiro atoms. The highest BCUT2D eigenvalue weighted by Crippen LogP contribution is 2.23. The van der Waals surface area contributed by atoms with E-state index in [9.17, 15) is 25.2 Å². The van der Waals surface area contributed by atoms with Crippen molar-refractivity contribution in [2.45, 2.75) is 256 Å². The van der Waals surface area contributed by atoms with Gasteiger partial charge in [0.1, 0.15) is 30.5 Å². The minimum Gasteiger partial charge on any atom is -0.457 e. The SMILES string of the molecule is CCCCCCCCCC/C=C\CCCCCCCCCCCCCCCC(=O)OC(COCCCCCCCCCC)COC1OC(CO)C(O)C(O)C1O. The van der Waals surface area contributed by atoms with E-state index in [0.29, 0.717) is 13.0 Å². The molecule has 1 heterocycles. The van der Waals surface area contributed by atoms with Gasteiger partial charge in [0.15, 0.2) is 6.29 Å². The normalized spacial score (nSPS) is 20.6. The summed E-state index contributed by atoms with van der Waals surface area (Å²) in [6.07, 6.45) is 36.9. The van der Waals surface area contributed by atoms with Gasteiger partial charge in [0.2, 0.25) is 0 Å². The van der Waals surface area contributed by atoms with Crippen LogP contribution in [0.15, 0.2) is 12.2 Å². The number of allylic oxidation sites excluding steroid dienone is 2. The molecule has 4 N–H and O–H groups in total. The smallest absolute Gasteiger partial charge is 0.306 e. The fourth-order valence-corrected chi connectivity index (χ4v) is 7.43. The van der Waals surface area contributed by atoms with Crippen LogP contribution in [0.2, 0.25) is 0 Å². The fourth-order valence-electron chi connectivity index (χ4n) is 7.43. The average molecular weight is 799 g/mol. The Labute approximate surface area is 344 Å². The summed E-state index contributed by atoms with van der Waals surface area (Å²) >= 11 is 0. The molecule has 0 aliphatic carbocycles. The highest BCUT2D eigenvalue weighted by atomic mass is 16.7. The topological polar surface area (TPSA) is 135 Å². The molecule has 6 unspecified atom stereocenters. The van der Waals surface area contributed by atoms with Crippen molar-refractivity contribution in [3.8, 4) is 0 Å². The third-order valence-electron chi connectivity index (χ3n) is 11.2. The van der Waals surface area contributed by atoms with Crippen LogP contribution >= 0.6 is 0 Å². The average Bonchev–Trinajstić information content (AvgIpc) is 3.20. The highest BCUT2D eigenvalue weighted by Gasteiger charge is 2.44. The Bertz CT molecular complexity index is 869. The van der Waals surface area contributed by atoms with E-state index in [0.717, 1.165) is 32.1 Å². The van der Waals surface area contributed by atoms with Gasteiger partial charge in [-0.1, -0.05) is 187 Å². The van der Waals surface area contributed by atoms with Crippen molar-refractivity contribution in [3.05, 3.63) is 12.2 Å². The van der Waals surface area contributed by atoms with E-state index in [4.69, 9.17) is 18.9 Å². The van der Waals surface area contributed by atoms with Crippen molar-refractivity contribution < 1.29 is 44.2 Å². The minimum atomic E-state index is -1.53. The highest BCUT2D eigenvalue weighted by molar-refractivity contribution is 5.69. The van der Waals surface area contributed by atoms with E-state index in [2.05, 4.69) is 26.0 Å². The maximum Gasteiger partial charge on any atom is 0.306 e. The maximum absolute atomic E-state index is 12.8. The quantitative estimate of drug-likeness (QED) is 0.0271.